The zero-order valence-electron chi connectivity index (χ0n) is 15.3. The van der Waals surface area contributed by atoms with E-state index >= 15 is 0 Å². The van der Waals surface area contributed by atoms with Gasteiger partial charge in [-0.05, 0) is 35.5 Å². The number of phenolic OH excluding ortho intramolecular Hbond substituents is 2. The fourth-order valence-corrected chi connectivity index (χ4v) is 4.22. The molecule has 2 aromatic carbocycles. The molecule has 1 saturated heterocycles. The van der Waals surface area contributed by atoms with Gasteiger partial charge in [-0.2, -0.15) is 4.99 Å². The van der Waals surface area contributed by atoms with Gasteiger partial charge in [-0.25, -0.2) is 0 Å². The summed E-state index contributed by atoms with van der Waals surface area (Å²) in [6.45, 7) is 4.41. The fourth-order valence-electron chi connectivity index (χ4n) is 3.27. The summed E-state index contributed by atoms with van der Waals surface area (Å²) < 4.78 is 0. The molecule has 0 saturated carbocycles. The molecule has 0 spiro atoms. The molecular formula is C21H21N3O3S. The molecule has 2 aliphatic rings. The second-order valence-corrected chi connectivity index (χ2v) is 7.81. The van der Waals surface area contributed by atoms with Gasteiger partial charge in [-0.15, -0.1) is 0 Å². The summed E-state index contributed by atoms with van der Waals surface area (Å²) >= 11 is 1.33. The van der Waals surface area contributed by atoms with Crippen molar-refractivity contribution in [3.63, 3.8) is 0 Å². The van der Waals surface area contributed by atoms with Gasteiger partial charge in [0.15, 0.2) is 5.17 Å². The lowest BCUT2D eigenvalue weighted by atomic mass is 10.2. The Morgan fingerprint density at radius 1 is 1.04 bits per heavy atom. The molecule has 144 valence electrons. The number of carbonyl (C=O) groups is 1. The van der Waals surface area contributed by atoms with E-state index in [4.69, 9.17) is 0 Å². The van der Waals surface area contributed by atoms with E-state index in [2.05, 4.69) is 39.1 Å². The van der Waals surface area contributed by atoms with E-state index in [1.807, 2.05) is 6.07 Å². The number of thioether (sulfide) groups is 1. The number of hydrogen-bond acceptors (Lipinski definition) is 6. The van der Waals surface area contributed by atoms with Gasteiger partial charge in [0.2, 0.25) is 0 Å². The van der Waals surface area contributed by atoms with E-state index < -0.39 is 0 Å². The van der Waals surface area contributed by atoms with Crippen LogP contribution < -0.4 is 0 Å². The molecule has 0 atom stereocenters. The van der Waals surface area contributed by atoms with Gasteiger partial charge in [-0.1, -0.05) is 30.3 Å². The van der Waals surface area contributed by atoms with Gasteiger partial charge < -0.3 is 15.1 Å². The monoisotopic (exact) mass is 395 g/mol. The van der Waals surface area contributed by atoms with Gasteiger partial charge in [0.25, 0.3) is 5.91 Å². The van der Waals surface area contributed by atoms with Crippen molar-refractivity contribution in [3.05, 3.63) is 64.6 Å². The zero-order chi connectivity index (χ0) is 19.5. The first-order valence-electron chi connectivity index (χ1n) is 9.14. The predicted octanol–water partition coefficient (Wildman–Crippen LogP) is 2.89. The quantitative estimate of drug-likeness (QED) is 0.779. The van der Waals surface area contributed by atoms with Gasteiger partial charge >= 0.3 is 0 Å². The first kappa shape index (κ1) is 18.6. The van der Waals surface area contributed by atoms with Crippen molar-refractivity contribution in [2.24, 2.45) is 4.99 Å². The highest BCUT2D eigenvalue weighted by atomic mass is 32.2. The van der Waals surface area contributed by atoms with Crippen LogP contribution in [0.1, 0.15) is 11.1 Å². The average molecular weight is 395 g/mol. The van der Waals surface area contributed by atoms with Crippen LogP contribution in [-0.4, -0.2) is 57.3 Å². The summed E-state index contributed by atoms with van der Waals surface area (Å²) in [6, 6.07) is 14.7. The minimum absolute atomic E-state index is 0.0182. The second kappa shape index (κ2) is 8.08. The lowest BCUT2D eigenvalue weighted by Crippen LogP contribution is -2.47. The highest BCUT2D eigenvalue weighted by Crippen LogP contribution is 2.33. The Bertz CT molecular complexity index is 935. The van der Waals surface area contributed by atoms with E-state index in [0.717, 1.165) is 32.7 Å². The van der Waals surface area contributed by atoms with Crippen molar-refractivity contribution in [1.82, 2.24) is 9.80 Å². The summed E-state index contributed by atoms with van der Waals surface area (Å²) in [5, 5.41) is 20.0. The van der Waals surface area contributed by atoms with Crippen LogP contribution in [0.2, 0.25) is 0 Å². The Balaban J connectivity index is 1.37. The summed E-state index contributed by atoms with van der Waals surface area (Å²) in [7, 11) is 0. The standard InChI is InChI=1S/C21H21N3O3S/c25-17-7-6-16(18(26)13-17)12-19-20(27)22-21(28-19)24-10-8-23(9-11-24)14-15-4-2-1-3-5-15/h1-7,12-13,25-26H,8-11,14H2/b19-12-. The number of phenols is 2. The van der Waals surface area contributed by atoms with Crippen LogP contribution in [0.15, 0.2) is 58.4 Å². The van der Waals surface area contributed by atoms with Crippen molar-refractivity contribution in [2.75, 3.05) is 26.2 Å². The van der Waals surface area contributed by atoms with Gasteiger partial charge in [0.1, 0.15) is 11.5 Å². The van der Waals surface area contributed by atoms with Crippen LogP contribution in [0.25, 0.3) is 6.08 Å². The number of piperazine rings is 1. The topological polar surface area (TPSA) is 76.4 Å². The Kier molecular flexibility index (Phi) is 5.36. The average Bonchev–Trinajstić information content (AvgIpc) is 3.06. The lowest BCUT2D eigenvalue weighted by molar-refractivity contribution is -0.113. The molecule has 6 nitrogen and oxygen atoms in total. The Morgan fingerprint density at radius 2 is 1.79 bits per heavy atom. The highest BCUT2D eigenvalue weighted by Gasteiger charge is 2.28. The van der Waals surface area contributed by atoms with Crippen LogP contribution in [0.3, 0.4) is 0 Å². The van der Waals surface area contributed by atoms with Crippen LogP contribution in [0, 0.1) is 0 Å². The molecule has 2 aliphatic heterocycles. The summed E-state index contributed by atoms with van der Waals surface area (Å²) in [4.78, 5) is 21.5. The first-order chi connectivity index (χ1) is 13.6. The van der Waals surface area contributed by atoms with Gasteiger partial charge in [0.05, 0.1) is 4.91 Å². The molecule has 4 rings (SSSR count). The van der Waals surface area contributed by atoms with Crippen molar-refractivity contribution < 1.29 is 15.0 Å². The van der Waals surface area contributed by atoms with Gasteiger partial charge in [-0.3, -0.25) is 9.69 Å². The largest absolute Gasteiger partial charge is 0.508 e. The molecular weight excluding hydrogens is 374 g/mol. The van der Waals surface area contributed by atoms with Crippen molar-refractivity contribution in [1.29, 1.82) is 0 Å². The van der Waals surface area contributed by atoms with E-state index in [0.29, 0.717) is 15.6 Å². The van der Waals surface area contributed by atoms with Crippen LogP contribution >= 0.6 is 11.8 Å². The smallest absolute Gasteiger partial charge is 0.286 e. The Hall–Kier alpha value is -2.77. The van der Waals surface area contributed by atoms with Gasteiger partial charge in [0, 0.05) is 44.4 Å². The molecule has 0 unspecified atom stereocenters. The molecule has 0 radical (unpaired) electrons. The van der Waals surface area contributed by atoms with E-state index in [9.17, 15) is 15.0 Å². The number of aromatic hydroxyl groups is 2. The molecule has 0 bridgehead atoms. The molecule has 7 heteroatoms. The van der Waals surface area contributed by atoms with Crippen LogP contribution in [-0.2, 0) is 11.3 Å². The third-order valence-corrected chi connectivity index (χ3v) is 5.85. The molecule has 2 heterocycles. The van der Waals surface area contributed by atoms with Crippen LogP contribution in [0.5, 0.6) is 11.5 Å². The number of nitrogens with zero attached hydrogens (tertiary/aromatic N) is 3. The van der Waals surface area contributed by atoms with E-state index in [-0.39, 0.29) is 17.4 Å². The second-order valence-electron chi connectivity index (χ2n) is 6.80. The fraction of sp³-hybridized carbons (Fsp3) is 0.238. The van der Waals surface area contributed by atoms with E-state index in [1.165, 1.54) is 29.5 Å². The molecule has 28 heavy (non-hydrogen) atoms. The van der Waals surface area contributed by atoms with Crippen molar-refractivity contribution in [2.45, 2.75) is 6.54 Å². The number of rotatable bonds is 3. The SMILES string of the molecule is O=C1N=C(N2CCN(Cc3ccccc3)CC2)S/C1=C\c1ccc(O)cc1O. The minimum atomic E-state index is -0.292. The third kappa shape index (κ3) is 4.21. The maximum absolute atomic E-state index is 12.3. The molecule has 0 aliphatic carbocycles. The van der Waals surface area contributed by atoms with E-state index in [1.54, 1.807) is 12.1 Å². The normalized spacial score (nSPS) is 19.3. The maximum atomic E-state index is 12.3. The number of benzene rings is 2. The first-order valence-corrected chi connectivity index (χ1v) is 9.96. The number of hydrogen-bond donors (Lipinski definition) is 2. The number of amides is 1. The Labute approximate surface area is 167 Å². The maximum Gasteiger partial charge on any atom is 0.286 e. The molecule has 0 aromatic heterocycles. The number of amidine groups is 1. The lowest BCUT2D eigenvalue weighted by Gasteiger charge is -2.35. The number of carbonyl (C=O) groups excluding carboxylic acids is 1. The molecule has 2 aromatic rings. The summed E-state index contributed by atoms with van der Waals surface area (Å²) in [5.41, 5.74) is 1.79. The zero-order valence-corrected chi connectivity index (χ0v) is 16.1. The van der Waals surface area contributed by atoms with Crippen LogP contribution in [0.4, 0.5) is 0 Å². The minimum Gasteiger partial charge on any atom is -0.508 e. The summed E-state index contributed by atoms with van der Waals surface area (Å²) in [6.07, 6.45) is 1.62. The Morgan fingerprint density at radius 3 is 2.50 bits per heavy atom. The van der Waals surface area contributed by atoms with Crippen molar-refractivity contribution >= 4 is 28.9 Å². The number of aliphatic imine (C=N–C) groups is 1. The third-order valence-electron chi connectivity index (χ3n) is 4.80. The summed E-state index contributed by atoms with van der Waals surface area (Å²) in [5.74, 6) is -0.376. The predicted molar refractivity (Wildman–Crippen MR) is 111 cm³/mol. The highest BCUT2D eigenvalue weighted by molar-refractivity contribution is 8.18. The molecule has 1 amide bonds. The van der Waals surface area contributed by atoms with Crippen molar-refractivity contribution in [3.8, 4) is 11.5 Å². The molecule has 1 fully saturated rings. The molecule has 2 N–H and O–H groups in total.